The average Bonchev–Trinajstić information content (AvgIpc) is 2.22. The third-order valence-corrected chi connectivity index (χ3v) is 2.24. The molecule has 1 heterocycles. The number of hydrogen-bond donors (Lipinski definition) is 3. The highest BCUT2D eigenvalue weighted by Gasteiger charge is 2.03. The second-order valence-corrected chi connectivity index (χ2v) is 3.70. The summed E-state index contributed by atoms with van der Waals surface area (Å²) in [5, 5.41) is 2.91. The van der Waals surface area contributed by atoms with Crippen molar-refractivity contribution in [2.45, 2.75) is 0 Å². The van der Waals surface area contributed by atoms with Crippen molar-refractivity contribution >= 4 is 34.9 Å². The molecule has 0 aliphatic carbocycles. The first-order valence-corrected chi connectivity index (χ1v) is 5.04. The fourth-order valence-electron chi connectivity index (χ4n) is 1.27. The van der Waals surface area contributed by atoms with Crippen LogP contribution in [0.4, 0.5) is 27.7 Å². The number of rotatable bonds is 2. The zero-order valence-corrected chi connectivity index (χ0v) is 9.37. The van der Waals surface area contributed by atoms with Gasteiger partial charge in [-0.1, -0.05) is 11.6 Å². The quantitative estimate of drug-likeness (QED) is 0.763. The predicted octanol–water partition coefficient (Wildman–Crippen LogP) is 2.18. The van der Waals surface area contributed by atoms with Gasteiger partial charge in [-0.25, -0.2) is 4.39 Å². The second-order valence-electron chi connectivity index (χ2n) is 3.29. The number of nitrogen functional groups attached to an aromatic ring is 2. The van der Waals surface area contributed by atoms with E-state index in [9.17, 15) is 4.39 Å². The molecule has 0 unspecified atom stereocenters. The van der Waals surface area contributed by atoms with Crippen molar-refractivity contribution in [2.75, 3.05) is 16.8 Å². The molecule has 0 aliphatic heterocycles. The van der Waals surface area contributed by atoms with Gasteiger partial charge in [-0.05, 0) is 18.2 Å². The van der Waals surface area contributed by atoms with E-state index in [4.69, 9.17) is 23.1 Å². The number of anilines is 4. The van der Waals surface area contributed by atoms with Crippen LogP contribution >= 0.6 is 11.6 Å². The maximum Gasteiger partial charge on any atom is 0.223 e. The van der Waals surface area contributed by atoms with Crippen molar-refractivity contribution < 1.29 is 4.39 Å². The fourth-order valence-corrected chi connectivity index (χ4v) is 1.45. The summed E-state index contributed by atoms with van der Waals surface area (Å²) in [5.41, 5.74) is 11.5. The lowest BCUT2D eigenvalue weighted by Crippen LogP contribution is -2.02. The number of nitrogens with one attached hydrogen (secondary N) is 1. The minimum atomic E-state index is -0.487. The SMILES string of the molecule is Nc1cc(Nc2ccc(F)c(Cl)c2)nc(N)n1. The minimum Gasteiger partial charge on any atom is -0.383 e. The van der Waals surface area contributed by atoms with Gasteiger partial charge in [-0.15, -0.1) is 0 Å². The summed E-state index contributed by atoms with van der Waals surface area (Å²) in [6.07, 6.45) is 0. The third kappa shape index (κ3) is 2.73. The van der Waals surface area contributed by atoms with Crippen LogP contribution in [-0.2, 0) is 0 Å². The first-order chi connectivity index (χ1) is 8.04. The molecule has 0 radical (unpaired) electrons. The Balaban J connectivity index is 2.28. The summed E-state index contributed by atoms with van der Waals surface area (Å²) in [4.78, 5) is 7.65. The molecule has 0 atom stereocenters. The lowest BCUT2D eigenvalue weighted by Gasteiger charge is -2.07. The summed E-state index contributed by atoms with van der Waals surface area (Å²) in [5.74, 6) is 0.227. The van der Waals surface area contributed by atoms with Crippen molar-refractivity contribution in [1.29, 1.82) is 0 Å². The van der Waals surface area contributed by atoms with Gasteiger partial charge in [0.05, 0.1) is 5.02 Å². The molecular formula is C10H9ClFN5. The molecule has 1 aromatic heterocycles. The largest absolute Gasteiger partial charge is 0.383 e. The van der Waals surface area contributed by atoms with Crippen LogP contribution in [-0.4, -0.2) is 9.97 Å². The fraction of sp³-hybridized carbons (Fsp3) is 0. The van der Waals surface area contributed by atoms with Gasteiger partial charge in [-0.2, -0.15) is 9.97 Å². The zero-order valence-electron chi connectivity index (χ0n) is 8.61. The molecule has 5 N–H and O–H groups in total. The lowest BCUT2D eigenvalue weighted by molar-refractivity contribution is 0.628. The number of halogens is 2. The van der Waals surface area contributed by atoms with Crippen molar-refractivity contribution in [3.05, 3.63) is 35.1 Å². The molecule has 2 aromatic rings. The lowest BCUT2D eigenvalue weighted by atomic mass is 10.3. The highest BCUT2D eigenvalue weighted by Crippen LogP contribution is 2.22. The maximum absolute atomic E-state index is 12.9. The summed E-state index contributed by atoms with van der Waals surface area (Å²) in [6.45, 7) is 0. The van der Waals surface area contributed by atoms with E-state index < -0.39 is 5.82 Å². The number of benzene rings is 1. The number of hydrogen-bond acceptors (Lipinski definition) is 5. The number of nitrogens with two attached hydrogens (primary N) is 2. The molecule has 1 aromatic carbocycles. The highest BCUT2D eigenvalue weighted by atomic mass is 35.5. The second kappa shape index (κ2) is 4.42. The molecule has 0 fully saturated rings. The van der Waals surface area contributed by atoms with Crippen molar-refractivity contribution in [3.8, 4) is 0 Å². The van der Waals surface area contributed by atoms with Gasteiger partial charge in [-0.3, -0.25) is 0 Å². The van der Waals surface area contributed by atoms with Gasteiger partial charge in [0.2, 0.25) is 5.95 Å². The Morgan fingerprint density at radius 2 is 1.94 bits per heavy atom. The van der Waals surface area contributed by atoms with E-state index in [-0.39, 0.29) is 16.8 Å². The smallest absolute Gasteiger partial charge is 0.223 e. The van der Waals surface area contributed by atoms with Crippen LogP contribution in [0.15, 0.2) is 24.3 Å². The first-order valence-electron chi connectivity index (χ1n) is 4.67. The van der Waals surface area contributed by atoms with E-state index in [2.05, 4.69) is 15.3 Å². The van der Waals surface area contributed by atoms with Crippen LogP contribution in [0, 0.1) is 5.82 Å². The number of aromatic nitrogens is 2. The van der Waals surface area contributed by atoms with Crippen molar-refractivity contribution in [1.82, 2.24) is 9.97 Å². The van der Waals surface area contributed by atoms with E-state index in [1.54, 1.807) is 0 Å². The molecule has 17 heavy (non-hydrogen) atoms. The van der Waals surface area contributed by atoms with Crippen molar-refractivity contribution in [2.24, 2.45) is 0 Å². The van der Waals surface area contributed by atoms with Gasteiger partial charge in [0.15, 0.2) is 0 Å². The Morgan fingerprint density at radius 3 is 2.59 bits per heavy atom. The standard InChI is InChI=1S/C10H9ClFN5/c11-6-3-5(1-2-7(6)12)15-9-4-8(13)16-10(14)17-9/h1-4H,(H5,13,14,15,16,17). The van der Waals surface area contributed by atoms with E-state index >= 15 is 0 Å². The van der Waals surface area contributed by atoms with Gasteiger partial charge < -0.3 is 16.8 Å². The number of nitrogens with zero attached hydrogens (tertiary/aromatic N) is 2. The van der Waals surface area contributed by atoms with E-state index in [1.165, 1.54) is 24.3 Å². The molecule has 0 bridgehead atoms. The van der Waals surface area contributed by atoms with Gasteiger partial charge in [0.1, 0.15) is 17.5 Å². The molecule has 0 spiro atoms. The summed E-state index contributed by atoms with van der Waals surface area (Å²) in [7, 11) is 0. The zero-order chi connectivity index (χ0) is 12.4. The molecule has 0 saturated heterocycles. The van der Waals surface area contributed by atoms with Gasteiger partial charge in [0, 0.05) is 11.8 Å². The molecule has 7 heteroatoms. The Labute approximate surface area is 102 Å². The summed E-state index contributed by atoms with van der Waals surface area (Å²) >= 11 is 5.65. The average molecular weight is 254 g/mol. The van der Waals surface area contributed by atoms with E-state index in [1.807, 2.05) is 0 Å². The molecule has 5 nitrogen and oxygen atoms in total. The molecule has 0 aliphatic rings. The van der Waals surface area contributed by atoms with Crippen molar-refractivity contribution in [3.63, 3.8) is 0 Å². The molecule has 0 saturated carbocycles. The topological polar surface area (TPSA) is 89.8 Å². The molecule has 2 rings (SSSR count). The minimum absolute atomic E-state index is 0.0185. The van der Waals surface area contributed by atoms with Crippen LogP contribution in [0.1, 0.15) is 0 Å². The van der Waals surface area contributed by atoms with E-state index in [0.717, 1.165) is 0 Å². The molecule has 0 amide bonds. The maximum atomic E-state index is 12.9. The first kappa shape index (κ1) is 11.4. The normalized spacial score (nSPS) is 10.2. The highest BCUT2D eigenvalue weighted by molar-refractivity contribution is 6.31. The van der Waals surface area contributed by atoms with Crippen LogP contribution in [0.5, 0.6) is 0 Å². The Hall–Kier alpha value is -2.08. The van der Waals surface area contributed by atoms with Crippen LogP contribution in [0.2, 0.25) is 5.02 Å². The van der Waals surface area contributed by atoms with Crippen LogP contribution < -0.4 is 16.8 Å². The monoisotopic (exact) mass is 253 g/mol. The molecular weight excluding hydrogens is 245 g/mol. The predicted molar refractivity (Wildman–Crippen MR) is 65.5 cm³/mol. The summed E-state index contributed by atoms with van der Waals surface area (Å²) < 4.78 is 12.9. The van der Waals surface area contributed by atoms with Gasteiger partial charge >= 0.3 is 0 Å². The molecule has 88 valence electrons. The van der Waals surface area contributed by atoms with Crippen LogP contribution in [0.3, 0.4) is 0 Å². The Kier molecular flexibility index (Phi) is 2.97. The summed E-state index contributed by atoms with van der Waals surface area (Å²) in [6, 6.07) is 5.72. The Morgan fingerprint density at radius 1 is 1.18 bits per heavy atom. The van der Waals surface area contributed by atoms with E-state index in [0.29, 0.717) is 11.5 Å². The van der Waals surface area contributed by atoms with Crippen LogP contribution in [0.25, 0.3) is 0 Å². The van der Waals surface area contributed by atoms with Gasteiger partial charge in [0.25, 0.3) is 0 Å². The third-order valence-electron chi connectivity index (χ3n) is 1.96. The Bertz CT molecular complexity index is 540.